The van der Waals surface area contributed by atoms with Crippen LogP contribution in [-0.4, -0.2) is 96.7 Å². The quantitative estimate of drug-likeness (QED) is 0.0169. The van der Waals surface area contributed by atoms with Gasteiger partial charge in [0.15, 0.2) is 12.2 Å². The van der Waals surface area contributed by atoms with Crippen molar-refractivity contribution >= 4 is 39.5 Å². The minimum absolute atomic E-state index is 0.0261. The molecule has 17 nitrogen and oxygen atoms in total. The van der Waals surface area contributed by atoms with Gasteiger partial charge in [-0.05, 0) is 173 Å². The summed E-state index contributed by atoms with van der Waals surface area (Å²) in [5.74, 6) is -2.35. The van der Waals surface area contributed by atoms with Gasteiger partial charge < -0.3 is 33.8 Å². The van der Waals surface area contributed by atoms with Crippen molar-refractivity contribution in [3.05, 3.63) is 182 Å². The minimum atomic E-state index is -5.01. The van der Waals surface area contributed by atoms with Crippen molar-refractivity contribution in [3.63, 3.8) is 0 Å². The number of hydrogen-bond acceptors (Lipinski definition) is 15. The Morgan fingerprint density at radius 3 is 0.806 bits per heavy atom. The predicted molar refractivity (Wildman–Crippen MR) is 445 cm³/mol. The first-order valence-corrected chi connectivity index (χ1v) is 44.0. The lowest BCUT2D eigenvalue weighted by Gasteiger charge is -2.21. The molecule has 0 spiro atoms. The Balaban J connectivity index is 5.50. The molecule has 0 aromatic rings. The number of ether oxygens (including phenoxy) is 4. The van der Waals surface area contributed by atoms with Gasteiger partial charge in [0.1, 0.15) is 19.3 Å². The molecule has 0 amide bonds. The van der Waals surface area contributed by atoms with Crippen LogP contribution in [0, 0.1) is 0 Å². The van der Waals surface area contributed by atoms with Crippen LogP contribution in [0.25, 0.3) is 0 Å². The SMILES string of the molecule is CC/C=C\C/C=C\C/C=C\C/C=C\C/C=C\C/C=C\CCC(=O)OC[C@H](COP(=O)(O)OC[C@@H](O)COP(=O)(O)OC[C@@H](COC(=O)CCCCC/C=C\C/C=C\C/C=C\C/C=C\C/C=C\CC)OC(=O)CCCCCCC/C=C\C/C=C\CCCCC)OC(=O)CCCCCCC/C=C\C/C=C\CCCCC. The first-order chi connectivity index (χ1) is 52.7. The molecule has 0 aliphatic heterocycles. The maximum atomic E-state index is 13.1. The lowest BCUT2D eigenvalue weighted by molar-refractivity contribution is -0.161. The number of carbonyl (C=O) groups excluding carboxylic acids is 4. The highest BCUT2D eigenvalue weighted by atomic mass is 31.2. The molecular weight excluding hydrogens is 1400 g/mol. The molecule has 3 N–H and O–H groups in total. The fourth-order valence-corrected chi connectivity index (χ4v) is 11.7. The molecule has 0 radical (unpaired) electrons. The van der Waals surface area contributed by atoms with Gasteiger partial charge in [-0.25, -0.2) is 9.13 Å². The van der Waals surface area contributed by atoms with Crippen LogP contribution < -0.4 is 0 Å². The summed E-state index contributed by atoms with van der Waals surface area (Å²) >= 11 is 0. The standard InChI is InChI=1S/C89H144O17P2/c1-5-9-13-17-21-25-29-33-37-39-41-43-47-49-53-57-61-65-69-73-86(91)99-79-84(105-88(93)75-71-67-63-59-55-51-45-35-31-27-23-19-15-11-7-3)81-103-107(95,96)101-77-83(90)78-102-108(97,98)104-82-85(106-89(94)76-72-68-64-60-56-52-46-36-32-28-24-20-16-12-8-4)80-100-87(92)74-70-66-62-58-54-50-48-44-42-40-38-34-30-26-22-18-14-10-6-2/h9-10,13-14,21-28,33-38,41-46,49-50,53-54,61,65,83-85,90H,5-8,11-12,15-20,29-32,39-40,47-48,51-52,55-60,62-64,66-82H2,1-4H3,(H,95,96)(H,97,98)/b13-9-,14-10-,25-21-,26-22-,27-23-,28-24-,37-33-,38-34-,43-41-,44-42-,45-35-,46-36-,53-49-,54-50-,65-61-/t83-,84-,85-/m1/s1. The van der Waals surface area contributed by atoms with Crippen LogP contribution in [0.3, 0.4) is 0 Å². The van der Waals surface area contributed by atoms with Gasteiger partial charge in [0.2, 0.25) is 0 Å². The average Bonchev–Trinajstić information content (AvgIpc) is 0.923. The van der Waals surface area contributed by atoms with E-state index in [1.807, 2.05) is 18.2 Å². The number of carbonyl (C=O) groups is 4. The molecule has 0 saturated carbocycles. The summed E-state index contributed by atoms with van der Waals surface area (Å²) in [5, 5.41) is 10.7. The lowest BCUT2D eigenvalue weighted by atomic mass is 10.1. The van der Waals surface area contributed by atoms with Crippen LogP contribution in [0.15, 0.2) is 182 Å². The van der Waals surface area contributed by atoms with Crippen LogP contribution in [0.4, 0.5) is 0 Å². The number of aliphatic hydroxyl groups excluding tert-OH is 1. The molecule has 0 saturated heterocycles. The maximum Gasteiger partial charge on any atom is 0.472 e. The van der Waals surface area contributed by atoms with Crippen LogP contribution >= 0.6 is 15.6 Å². The molecule has 612 valence electrons. The zero-order valence-electron chi connectivity index (χ0n) is 66.9. The molecule has 0 aromatic heterocycles. The molecular formula is C89H144O17P2. The van der Waals surface area contributed by atoms with Crippen LogP contribution in [0.5, 0.6) is 0 Å². The predicted octanol–water partition coefficient (Wildman–Crippen LogP) is 24.3. The van der Waals surface area contributed by atoms with E-state index in [9.17, 15) is 43.2 Å². The molecule has 0 aliphatic carbocycles. The summed E-state index contributed by atoms with van der Waals surface area (Å²) in [5.41, 5.74) is 0. The zero-order chi connectivity index (χ0) is 78.9. The van der Waals surface area contributed by atoms with Gasteiger partial charge in [0, 0.05) is 25.7 Å². The molecule has 0 rings (SSSR count). The van der Waals surface area contributed by atoms with E-state index in [1.54, 1.807) is 0 Å². The Morgan fingerprint density at radius 2 is 0.500 bits per heavy atom. The van der Waals surface area contributed by atoms with E-state index in [2.05, 4.69) is 192 Å². The van der Waals surface area contributed by atoms with Crippen molar-refractivity contribution in [1.82, 2.24) is 0 Å². The number of aliphatic hydroxyl groups is 1. The zero-order valence-corrected chi connectivity index (χ0v) is 68.7. The third kappa shape index (κ3) is 78.3. The van der Waals surface area contributed by atoms with E-state index in [0.29, 0.717) is 32.1 Å². The third-order valence-electron chi connectivity index (χ3n) is 16.3. The number of allylic oxidation sites excluding steroid dienone is 30. The second-order valence-corrected chi connectivity index (χ2v) is 29.5. The second-order valence-electron chi connectivity index (χ2n) is 26.6. The second kappa shape index (κ2) is 79.3. The van der Waals surface area contributed by atoms with Crippen molar-refractivity contribution in [2.75, 3.05) is 39.6 Å². The van der Waals surface area contributed by atoms with E-state index in [0.717, 1.165) is 173 Å². The summed E-state index contributed by atoms with van der Waals surface area (Å²) in [6.07, 6.45) is 95.9. The molecule has 0 aliphatic rings. The van der Waals surface area contributed by atoms with E-state index in [1.165, 1.54) is 38.5 Å². The van der Waals surface area contributed by atoms with Crippen LogP contribution in [-0.2, 0) is 65.4 Å². The summed E-state index contributed by atoms with van der Waals surface area (Å²) in [7, 11) is -10.0. The molecule has 2 unspecified atom stereocenters. The average molecular weight is 1550 g/mol. The number of rotatable bonds is 75. The smallest absolute Gasteiger partial charge is 0.462 e. The van der Waals surface area contributed by atoms with Crippen molar-refractivity contribution in [2.45, 2.75) is 316 Å². The van der Waals surface area contributed by atoms with Gasteiger partial charge in [0.05, 0.1) is 26.4 Å². The summed E-state index contributed by atoms with van der Waals surface area (Å²) < 4.78 is 68.6. The number of phosphoric acid groups is 2. The van der Waals surface area contributed by atoms with Crippen molar-refractivity contribution in [3.8, 4) is 0 Å². The Bertz CT molecular complexity index is 2760. The lowest BCUT2D eigenvalue weighted by Crippen LogP contribution is -2.30. The first-order valence-electron chi connectivity index (χ1n) is 41.0. The largest absolute Gasteiger partial charge is 0.472 e. The Kier molecular flexibility index (Phi) is 75.0. The summed E-state index contributed by atoms with van der Waals surface area (Å²) in [6.45, 7) is 4.43. The molecule has 5 atom stereocenters. The highest BCUT2D eigenvalue weighted by molar-refractivity contribution is 7.47. The highest BCUT2D eigenvalue weighted by Gasteiger charge is 2.30. The van der Waals surface area contributed by atoms with Gasteiger partial charge in [-0.1, -0.05) is 281 Å². The number of hydrogen-bond donors (Lipinski definition) is 3. The number of esters is 4. The molecule has 0 heterocycles. The van der Waals surface area contributed by atoms with E-state index >= 15 is 0 Å². The fourth-order valence-electron chi connectivity index (χ4n) is 10.2. The normalized spacial score (nSPS) is 14.8. The summed E-state index contributed by atoms with van der Waals surface area (Å²) in [6, 6.07) is 0. The molecule has 0 fully saturated rings. The Hall–Kier alpha value is -5.84. The monoisotopic (exact) mass is 1550 g/mol. The Morgan fingerprint density at radius 1 is 0.269 bits per heavy atom. The van der Waals surface area contributed by atoms with E-state index in [4.69, 9.17) is 37.0 Å². The highest BCUT2D eigenvalue weighted by Crippen LogP contribution is 2.45. The third-order valence-corrected chi connectivity index (χ3v) is 18.2. The minimum Gasteiger partial charge on any atom is -0.462 e. The van der Waals surface area contributed by atoms with Crippen molar-refractivity contribution < 1.29 is 80.2 Å². The summed E-state index contributed by atoms with van der Waals surface area (Å²) in [4.78, 5) is 73.1. The number of unbranched alkanes of at least 4 members (excludes halogenated alkanes) is 19. The van der Waals surface area contributed by atoms with Gasteiger partial charge in [0.25, 0.3) is 0 Å². The van der Waals surface area contributed by atoms with Crippen LogP contribution in [0.2, 0.25) is 0 Å². The van der Waals surface area contributed by atoms with Gasteiger partial charge in [-0.15, -0.1) is 0 Å². The van der Waals surface area contributed by atoms with Gasteiger partial charge in [-0.3, -0.25) is 37.3 Å². The Labute approximate surface area is 654 Å². The maximum absolute atomic E-state index is 13.1. The van der Waals surface area contributed by atoms with Crippen molar-refractivity contribution in [1.29, 1.82) is 0 Å². The molecule has 0 aromatic carbocycles. The topological polar surface area (TPSA) is 237 Å². The van der Waals surface area contributed by atoms with Gasteiger partial charge in [-0.2, -0.15) is 0 Å². The number of phosphoric ester groups is 2. The fraction of sp³-hybridized carbons (Fsp3) is 0.618. The van der Waals surface area contributed by atoms with E-state index in [-0.39, 0.29) is 25.7 Å². The van der Waals surface area contributed by atoms with Crippen LogP contribution in [0.1, 0.15) is 297 Å². The van der Waals surface area contributed by atoms with Crippen molar-refractivity contribution in [2.24, 2.45) is 0 Å². The van der Waals surface area contributed by atoms with E-state index < -0.39 is 97.5 Å². The van der Waals surface area contributed by atoms with Gasteiger partial charge >= 0.3 is 39.5 Å². The molecule has 0 bridgehead atoms. The molecule has 19 heteroatoms. The first kappa shape index (κ1) is 102. The molecule has 108 heavy (non-hydrogen) atoms.